The molecule has 0 saturated carbocycles. The van der Waals surface area contributed by atoms with E-state index in [1.807, 2.05) is 0 Å². The van der Waals surface area contributed by atoms with Crippen LogP contribution in [0.1, 0.15) is 6.92 Å². The minimum Gasteiger partial charge on any atom is -0.723 e. The van der Waals surface area contributed by atoms with Crippen LogP contribution in [-0.2, 0) is 19.4 Å². The smallest absolute Gasteiger partial charge is 0.723 e. The first-order valence-corrected chi connectivity index (χ1v) is 6.26. The number of carbonyl (C=O) groups excluding carboxylic acids is 2. The number of hydrogen-bond acceptors (Lipinski definition) is 10. The van der Waals surface area contributed by atoms with Crippen molar-refractivity contribution in [2.24, 2.45) is 0 Å². The Hall–Kier alpha value is 2.70. The van der Waals surface area contributed by atoms with Crippen LogP contribution < -0.4 is 139 Å². The summed E-state index contributed by atoms with van der Waals surface area (Å²) in [5.41, 5.74) is 0. The first-order valence-electron chi connectivity index (χ1n) is 6.26. The van der Waals surface area contributed by atoms with Gasteiger partial charge in [0.2, 0.25) is 0 Å². The summed E-state index contributed by atoms with van der Waals surface area (Å²) in [6.45, 7) is 0.739. The summed E-state index contributed by atoms with van der Waals surface area (Å²) in [4.78, 5) is 31.3. The summed E-state index contributed by atoms with van der Waals surface area (Å²) in [5.74, 6) is -2.83. The van der Waals surface area contributed by atoms with Gasteiger partial charge < -0.3 is 40.1 Å². The maximum Gasteiger partial charge on any atom is 1.00 e. The predicted molar refractivity (Wildman–Crippen MR) is 59.4 cm³/mol. The fourth-order valence-corrected chi connectivity index (χ4v) is 1.90. The van der Waals surface area contributed by atoms with Gasteiger partial charge in [0, 0.05) is 52.0 Å². The van der Waals surface area contributed by atoms with Crippen molar-refractivity contribution in [2.75, 3.05) is 45.9 Å². The van der Waals surface area contributed by atoms with Crippen LogP contribution in [0.5, 0.6) is 0 Å². The van der Waals surface area contributed by atoms with Gasteiger partial charge in [0.05, 0.1) is 11.9 Å². The van der Waals surface area contributed by atoms with Crippen LogP contribution in [-0.4, -0.2) is 73.7 Å². The molecule has 0 amide bonds. The second-order valence-corrected chi connectivity index (χ2v) is 4.44. The van der Waals surface area contributed by atoms with Crippen LogP contribution in [0.25, 0.3) is 0 Å². The van der Waals surface area contributed by atoms with Gasteiger partial charge >= 0.3 is 118 Å². The van der Waals surface area contributed by atoms with Crippen molar-refractivity contribution < 1.29 is 158 Å². The molecule has 0 saturated heterocycles. The maximum absolute atomic E-state index is 10.6. The van der Waals surface area contributed by atoms with Crippen molar-refractivity contribution >= 4 is 11.9 Å². The molecule has 25 heavy (non-hydrogen) atoms. The average molecular weight is 398 g/mol. The van der Waals surface area contributed by atoms with Gasteiger partial charge in [-0.3, -0.25) is 9.80 Å². The Kier molecular flexibility index (Phi) is 37.9. The zero-order chi connectivity index (χ0) is 16.3. The molecule has 0 radical (unpaired) electrons. The summed E-state index contributed by atoms with van der Waals surface area (Å²) >= 11 is 0. The number of aliphatic carboxylic acids is 2. The molecule has 0 heterocycles. The van der Waals surface area contributed by atoms with E-state index in [0.717, 1.165) is 4.90 Å². The molecule has 1 atom stereocenters. The van der Waals surface area contributed by atoms with Crippen LogP contribution in [0.3, 0.4) is 0 Å². The topological polar surface area (TPSA) is 151 Å². The maximum atomic E-state index is 10.6. The Morgan fingerprint density at radius 3 is 1.52 bits per heavy atom. The van der Waals surface area contributed by atoms with Crippen LogP contribution in [0.4, 0.5) is 0 Å². The van der Waals surface area contributed by atoms with E-state index in [1.165, 1.54) is 0 Å². The number of hydrogen-bond donors (Lipinski definition) is 0. The first kappa shape index (κ1) is 38.3. The zero-order valence-corrected chi connectivity index (χ0v) is 23.7. The quantitative estimate of drug-likeness (QED) is 0.166. The van der Waals surface area contributed by atoms with Crippen molar-refractivity contribution in [3.05, 3.63) is 0 Å². The standard InChI is InChI=1S/C11H22N2O8.4Na/c1-9(13(2-4-20-18)3-5-21-19)6-12(7-10(14)15)8-11(16)17;;;;/h9,18-19H,2-8H2,1H3,(H,14,15)(H,16,17);;;;/q;4*+1/p-4. The summed E-state index contributed by atoms with van der Waals surface area (Å²) in [5, 5.41) is 41.3. The number of carbonyl (C=O) groups is 2. The molecule has 0 bridgehead atoms. The van der Waals surface area contributed by atoms with E-state index in [1.54, 1.807) is 11.8 Å². The van der Waals surface area contributed by atoms with E-state index in [9.17, 15) is 30.3 Å². The first-order chi connectivity index (χ1) is 9.90. The Balaban J connectivity index is -0.000000333. The molecule has 0 fully saturated rings. The Labute approximate surface area is 235 Å². The Morgan fingerprint density at radius 1 is 0.880 bits per heavy atom. The Morgan fingerprint density at radius 2 is 1.24 bits per heavy atom. The van der Waals surface area contributed by atoms with E-state index >= 15 is 0 Å². The van der Waals surface area contributed by atoms with E-state index in [4.69, 9.17) is 0 Å². The minimum absolute atomic E-state index is 0. The van der Waals surface area contributed by atoms with Gasteiger partial charge in [-0.15, -0.1) is 0 Å². The summed E-state index contributed by atoms with van der Waals surface area (Å²) < 4.78 is 0. The van der Waals surface area contributed by atoms with Gasteiger partial charge in [-0.05, 0) is 6.92 Å². The van der Waals surface area contributed by atoms with Crippen molar-refractivity contribution in [2.45, 2.75) is 13.0 Å². The molecule has 1 unspecified atom stereocenters. The van der Waals surface area contributed by atoms with Crippen LogP contribution in [0.15, 0.2) is 0 Å². The van der Waals surface area contributed by atoms with Crippen LogP contribution in [0, 0.1) is 0 Å². The molecule has 0 rings (SSSR count). The molecule has 0 spiro atoms. The van der Waals surface area contributed by atoms with Crippen molar-refractivity contribution in [3.63, 3.8) is 0 Å². The third-order valence-electron chi connectivity index (χ3n) is 2.77. The van der Waals surface area contributed by atoms with E-state index in [0.29, 0.717) is 0 Å². The molecule has 14 heteroatoms. The van der Waals surface area contributed by atoms with Crippen molar-refractivity contribution in [1.82, 2.24) is 9.80 Å². The van der Waals surface area contributed by atoms with Gasteiger partial charge in [-0.2, -0.15) is 0 Å². The Bertz CT molecular complexity index is 306. The zero-order valence-electron chi connectivity index (χ0n) is 15.7. The molecule has 0 aliphatic heterocycles. The normalized spacial score (nSPS) is 10.8. The van der Waals surface area contributed by atoms with Crippen LogP contribution >= 0.6 is 0 Å². The minimum atomic E-state index is -1.42. The average Bonchev–Trinajstić information content (AvgIpc) is 2.37. The number of rotatable bonds is 13. The molecule has 0 aliphatic carbocycles. The van der Waals surface area contributed by atoms with Gasteiger partial charge in [0.15, 0.2) is 0 Å². The molecule has 10 nitrogen and oxygen atoms in total. The SMILES string of the molecule is CC(CN(CC(=O)[O-])CC(=O)[O-])N(CCO[O-])CCO[O-].[Na+].[Na+].[Na+].[Na+]. The summed E-state index contributed by atoms with van der Waals surface area (Å²) in [7, 11) is 0. The van der Waals surface area contributed by atoms with E-state index in [2.05, 4.69) is 9.78 Å². The van der Waals surface area contributed by atoms with Crippen molar-refractivity contribution in [1.29, 1.82) is 0 Å². The van der Waals surface area contributed by atoms with Gasteiger partial charge in [0.1, 0.15) is 0 Å². The molecular weight excluding hydrogens is 380 g/mol. The van der Waals surface area contributed by atoms with E-state index in [-0.39, 0.29) is 157 Å². The summed E-state index contributed by atoms with van der Waals surface area (Å²) in [6, 6.07) is -0.339. The molecule has 0 aromatic carbocycles. The molecule has 124 valence electrons. The molecule has 0 N–H and O–H groups in total. The van der Waals surface area contributed by atoms with Gasteiger partial charge in [-0.1, -0.05) is 0 Å². The number of carboxylic acid groups (broad SMARTS) is 2. The molecule has 0 aromatic rings. The molecule has 0 aliphatic rings. The second-order valence-electron chi connectivity index (χ2n) is 4.44. The molecule has 0 aromatic heterocycles. The number of nitrogens with zero attached hydrogens (tertiary/aromatic N) is 2. The predicted octanol–water partition coefficient (Wildman–Crippen LogP) is -17.9. The third-order valence-corrected chi connectivity index (χ3v) is 2.77. The fourth-order valence-electron chi connectivity index (χ4n) is 1.90. The largest absolute Gasteiger partial charge is 1.00 e. The van der Waals surface area contributed by atoms with Crippen LogP contribution in [0.2, 0.25) is 0 Å². The van der Waals surface area contributed by atoms with Crippen molar-refractivity contribution in [3.8, 4) is 0 Å². The van der Waals surface area contributed by atoms with Gasteiger partial charge in [0.25, 0.3) is 0 Å². The summed E-state index contributed by atoms with van der Waals surface area (Å²) in [6.07, 6.45) is 0. The number of carboxylic acids is 2. The third kappa shape index (κ3) is 22.8. The second kappa shape index (κ2) is 24.7. The molecular formula is C11H18N2Na4O8. The monoisotopic (exact) mass is 398 g/mol. The van der Waals surface area contributed by atoms with E-state index < -0.39 is 25.0 Å². The van der Waals surface area contributed by atoms with Gasteiger partial charge in [-0.25, -0.2) is 0 Å². The fraction of sp³-hybridized carbons (Fsp3) is 0.818.